The molecule has 0 unspecified atom stereocenters. The molecule has 9 nitrogen and oxygen atoms in total. The molecule has 0 atom stereocenters. The third kappa shape index (κ3) is 5.95. The summed E-state index contributed by atoms with van der Waals surface area (Å²) in [6.45, 7) is 6.85. The molecule has 4 heterocycles. The van der Waals surface area contributed by atoms with Crippen molar-refractivity contribution in [3.8, 4) is 16.5 Å². The highest BCUT2D eigenvalue weighted by Gasteiger charge is 2.40. The topological polar surface area (TPSA) is 95.3 Å². The molecule has 2 aromatic heterocycles. The van der Waals surface area contributed by atoms with Crippen LogP contribution in [0.4, 0.5) is 5.13 Å². The number of ether oxygens (including phenoxy) is 2. The number of nitrogens with zero attached hydrogens (tertiary/aromatic N) is 6. The molecule has 4 aromatic rings. The fourth-order valence-electron chi connectivity index (χ4n) is 5.03. The number of esters is 1. The average molecular weight is 612 g/mol. The number of hydrogen-bond acceptors (Lipinski definition) is 9. The van der Waals surface area contributed by atoms with E-state index in [9.17, 15) is 4.79 Å². The second kappa shape index (κ2) is 10.7. The Morgan fingerprint density at radius 2 is 1.90 bits per heavy atom. The highest BCUT2D eigenvalue weighted by atomic mass is 35.5. The Balaban J connectivity index is 1.17. The molecule has 0 aliphatic carbocycles. The van der Waals surface area contributed by atoms with Crippen LogP contribution in [0.2, 0.25) is 10.0 Å². The van der Waals surface area contributed by atoms with E-state index in [1.165, 1.54) is 16.1 Å². The lowest BCUT2D eigenvalue weighted by Crippen LogP contribution is -2.48. The van der Waals surface area contributed by atoms with E-state index in [-0.39, 0.29) is 6.54 Å². The van der Waals surface area contributed by atoms with Crippen LogP contribution in [0, 0.1) is 0 Å². The van der Waals surface area contributed by atoms with Gasteiger partial charge in [0.05, 0.1) is 11.1 Å². The number of fused-ring (bicyclic) bond motifs is 1. The first-order valence-corrected chi connectivity index (χ1v) is 14.8. The molecule has 212 valence electrons. The van der Waals surface area contributed by atoms with E-state index in [0.29, 0.717) is 15.9 Å². The molecule has 2 aliphatic heterocycles. The van der Waals surface area contributed by atoms with Crippen LogP contribution in [0.25, 0.3) is 16.3 Å². The zero-order chi connectivity index (χ0) is 28.8. The number of carbonyl (C=O) groups is 1. The highest BCUT2D eigenvalue weighted by Crippen LogP contribution is 2.45. The second-order valence-corrected chi connectivity index (χ2v) is 12.9. The summed E-state index contributed by atoms with van der Waals surface area (Å²) >= 11 is 14.3. The lowest BCUT2D eigenvalue weighted by molar-refractivity contribution is -0.156. The number of rotatable bonds is 5. The molecule has 41 heavy (non-hydrogen) atoms. The zero-order valence-corrected chi connectivity index (χ0v) is 25.1. The van der Waals surface area contributed by atoms with Crippen LogP contribution in [0.5, 0.6) is 5.75 Å². The van der Waals surface area contributed by atoms with Crippen molar-refractivity contribution in [3.63, 3.8) is 0 Å². The maximum atomic E-state index is 12.1. The quantitative estimate of drug-likeness (QED) is 0.243. The van der Waals surface area contributed by atoms with Crippen molar-refractivity contribution in [1.29, 1.82) is 0 Å². The summed E-state index contributed by atoms with van der Waals surface area (Å²) in [5, 5.41) is 14.6. The van der Waals surface area contributed by atoms with E-state index >= 15 is 0 Å². The SMILES string of the molecule is CC(C)(C)OC(=O)Cn1nnc(-c2cnc(N3CCC4(C=C(c5ccc(Cl)cc5Cl)c5ccccc5O4)CC3)s2)n1. The summed E-state index contributed by atoms with van der Waals surface area (Å²) < 4.78 is 12.0. The summed E-state index contributed by atoms with van der Waals surface area (Å²) in [7, 11) is 0. The minimum absolute atomic E-state index is 0.107. The van der Waals surface area contributed by atoms with Gasteiger partial charge in [0.2, 0.25) is 5.82 Å². The van der Waals surface area contributed by atoms with Gasteiger partial charge in [-0.2, -0.15) is 4.80 Å². The van der Waals surface area contributed by atoms with Gasteiger partial charge >= 0.3 is 5.97 Å². The maximum absolute atomic E-state index is 12.1. The van der Waals surface area contributed by atoms with Crippen LogP contribution < -0.4 is 9.64 Å². The van der Waals surface area contributed by atoms with Gasteiger partial charge in [-0.15, -0.1) is 10.2 Å². The van der Waals surface area contributed by atoms with Crippen LogP contribution in [0.15, 0.2) is 54.7 Å². The number of tetrazole rings is 1. The first kappa shape index (κ1) is 27.7. The van der Waals surface area contributed by atoms with Gasteiger partial charge in [0.25, 0.3) is 0 Å². The van der Waals surface area contributed by atoms with Gasteiger partial charge in [0, 0.05) is 47.1 Å². The Morgan fingerprint density at radius 1 is 1.12 bits per heavy atom. The number of anilines is 1. The van der Waals surface area contributed by atoms with Gasteiger partial charge in [-0.1, -0.05) is 58.8 Å². The molecule has 12 heteroatoms. The van der Waals surface area contributed by atoms with Gasteiger partial charge < -0.3 is 14.4 Å². The predicted molar refractivity (Wildman–Crippen MR) is 160 cm³/mol. The fourth-order valence-corrected chi connectivity index (χ4v) is 6.44. The second-order valence-electron chi connectivity index (χ2n) is 11.1. The molecule has 0 amide bonds. The van der Waals surface area contributed by atoms with Crippen molar-refractivity contribution in [2.24, 2.45) is 0 Å². The van der Waals surface area contributed by atoms with Crippen LogP contribution in [0.3, 0.4) is 0 Å². The molecule has 6 rings (SSSR count). The monoisotopic (exact) mass is 610 g/mol. The number of carbonyl (C=O) groups excluding carboxylic acids is 1. The average Bonchev–Trinajstić information content (AvgIpc) is 3.58. The van der Waals surface area contributed by atoms with Crippen LogP contribution in [0.1, 0.15) is 44.7 Å². The van der Waals surface area contributed by atoms with Gasteiger partial charge in [-0.25, -0.2) is 9.78 Å². The van der Waals surface area contributed by atoms with Crippen molar-refractivity contribution < 1.29 is 14.3 Å². The number of thiazole rings is 1. The highest BCUT2D eigenvalue weighted by molar-refractivity contribution is 7.18. The molecule has 0 saturated carbocycles. The third-order valence-corrected chi connectivity index (χ3v) is 8.46. The van der Waals surface area contributed by atoms with Crippen LogP contribution in [-0.4, -0.2) is 55.5 Å². The molecule has 1 saturated heterocycles. The normalized spacial score (nSPS) is 16.2. The van der Waals surface area contributed by atoms with E-state index in [0.717, 1.165) is 58.4 Å². The molecule has 1 spiro atoms. The van der Waals surface area contributed by atoms with E-state index in [1.54, 1.807) is 12.3 Å². The number of piperidine rings is 1. The van der Waals surface area contributed by atoms with Crippen LogP contribution >= 0.6 is 34.5 Å². The molecule has 0 N–H and O–H groups in total. The molecular formula is C29H28Cl2N6O3S. The zero-order valence-electron chi connectivity index (χ0n) is 22.8. The molecule has 0 radical (unpaired) electrons. The Bertz CT molecular complexity index is 1640. The maximum Gasteiger partial charge on any atom is 0.330 e. The van der Waals surface area contributed by atoms with Gasteiger partial charge in [-0.05, 0) is 55.8 Å². The van der Waals surface area contributed by atoms with Gasteiger partial charge in [0.1, 0.15) is 17.0 Å². The Kier molecular flexibility index (Phi) is 7.25. The van der Waals surface area contributed by atoms with E-state index in [2.05, 4.69) is 37.4 Å². The molecule has 1 fully saturated rings. The van der Waals surface area contributed by atoms with Crippen LogP contribution in [-0.2, 0) is 16.1 Å². The smallest absolute Gasteiger partial charge is 0.330 e. The number of benzene rings is 2. The molecule has 0 bridgehead atoms. The first-order chi connectivity index (χ1) is 19.6. The number of para-hydroxylation sites is 1. The predicted octanol–water partition coefficient (Wildman–Crippen LogP) is 6.31. The van der Waals surface area contributed by atoms with Crippen molar-refractivity contribution >= 4 is 51.2 Å². The minimum Gasteiger partial charge on any atom is -0.482 e. The van der Waals surface area contributed by atoms with Crippen molar-refractivity contribution in [2.45, 2.75) is 51.4 Å². The number of hydrogen-bond donors (Lipinski definition) is 0. The van der Waals surface area contributed by atoms with Crippen molar-refractivity contribution in [1.82, 2.24) is 25.2 Å². The summed E-state index contributed by atoms with van der Waals surface area (Å²) in [5.74, 6) is 0.851. The van der Waals surface area contributed by atoms with Gasteiger partial charge in [-0.3, -0.25) is 0 Å². The third-order valence-electron chi connectivity index (χ3n) is 6.86. The first-order valence-electron chi connectivity index (χ1n) is 13.3. The Morgan fingerprint density at radius 3 is 2.66 bits per heavy atom. The van der Waals surface area contributed by atoms with Crippen molar-refractivity contribution in [3.05, 3.63) is 75.9 Å². The number of aromatic nitrogens is 5. The van der Waals surface area contributed by atoms with Gasteiger partial charge in [0.15, 0.2) is 11.7 Å². The molecule has 2 aliphatic rings. The molecule has 2 aromatic carbocycles. The van der Waals surface area contributed by atoms with E-state index in [1.807, 2.05) is 51.1 Å². The van der Waals surface area contributed by atoms with E-state index in [4.69, 9.17) is 32.7 Å². The Labute approximate surface area is 251 Å². The largest absolute Gasteiger partial charge is 0.482 e. The Hall–Kier alpha value is -3.47. The van der Waals surface area contributed by atoms with Crippen molar-refractivity contribution in [2.75, 3.05) is 18.0 Å². The summed E-state index contributed by atoms with van der Waals surface area (Å²) in [6.07, 6.45) is 5.51. The summed E-state index contributed by atoms with van der Waals surface area (Å²) in [6, 6.07) is 13.7. The number of halogens is 2. The lowest BCUT2D eigenvalue weighted by atomic mass is 9.83. The summed E-state index contributed by atoms with van der Waals surface area (Å²) in [5.41, 5.74) is 1.97. The van der Waals surface area contributed by atoms with E-state index < -0.39 is 17.2 Å². The lowest BCUT2D eigenvalue weighted by Gasteiger charge is -2.43. The fraction of sp³-hybridized carbons (Fsp3) is 0.345. The molecular weight excluding hydrogens is 583 g/mol. The summed E-state index contributed by atoms with van der Waals surface area (Å²) in [4.78, 5) is 21.0. The minimum atomic E-state index is -0.577. The standard InChI is InChI=1S/C29H28Cl2N6O3S/c1-28(2,3)40-25(38)17-37-34-26(33-35-37)24-16-32-27(41-24)36-12-10-29(11-13-36)15-21(19-9-8-18(30)14-22(19)31)20-6-4-5-7-23(20)39-29/h4-9,14-16H,10-13,17H2,1-3H3.